The molecule has 1 saturated heterocycles. The third-order valence-corrected chi connectivity index (χ3v) is 3.95. The first kappa shape index (κ1) is 14.2. The number of Topliss-reactive ketones (excluding diaryl/α,β-unsaturated/α-hetero) is 1. The molecule has 4 nitrogen and oxygen atoms in total. The number of ketones is 1. The second-order valence-corrected chi connectivity index (χ2v) is 5.53. The maximum absolute atomic E-state index is 14.1. The minimum Gasteiger partial charge on any atom is -0.489 e. The van der Waals surface area contributed by atoms with Crippen molar-refractivity contribution in [2.45, 2.75) is 37.8 Å². The van der Waals surface area contributed by atoms with E-state index in [0.717, 1.165) is 19.4 Å². The summed E-state index contributed by atoms with van der Waals surface area (Å²) in [6.45, 7) is 1.47. The monoisotopic (exact) mass is 290 g/mol. The molecule has 0 saturated carbocycles. The molecule has 2 heterocycles. The van der Waals surface area contributed by atoms with Gasteiger partial charge in [0.25, 0.3) is 0 Å². The van der Waals surface area contributed by atoms with E-state index in [0.29, 0.717) is 31.1 Å². The van der Waals surface area contributed by atoms with E-state index < -0.39 is 11.9 Å². The van der Waals surface area contributed by atoms with Crippen LogP contribution in [0, 0.1) is 5.82 Å². The molecule has 21 heavy (non-hydrogen) atoms. The van der Waals surface area contributed by atoms with Crippen LogP contribution in [-0.4, -0.2) is 31.2 Å². The molecule has 1 aromatic carbocycles. The predicted molar refractivity (Wildman–Crippen MR) is 78.4 cm³/mol. The van der Waals surface area contributed by atoms with E-state index in [4.69, 9.17) is 4.74 Å². The maximum Gasteiger partial charge on any atom is 0.165 e. The second kappa shape index (κ2) is 6.35. The summed E-state index contributed by atoms with van der Waals surface area (Å²) < 4.78 is 19.6. The van der Waals surface area contributed by atoms with Crippen molar-refractivity contribution in [3.05, 3.63) is 29.6 Å². The zero-order valence-electron chi connectivity index (χ0n) is 11.8. The molecule has 2 aliphatic rings. The highest BCUT2D eigenvalue weighted by Crippen LogP contribution is 2.27. The van der Waals surface area contributed by atoms with Crippen molar-refractivity contribution in [2.75, 3.05) is 13.2 Å². The van der Waals surface area contributed by atoms with Gasteiger partial charge >= 0.3 is 0 Å². The van der Waals surface area contributed by atoms with Crippen LogP contribution in [0.2, 0.25) is 0 Å². The van der Waals surface area contributed by atoms with Crippen molar-refractivity contribution in [2.24, 2.45) is 4.99 Å². The summed E-state index contributed by atoms with van der Waals surface area (Å²) in [5, 5.41) is 3.30. The zero-order chi connectivity index (χ0) is 14.7. The second-order valence-electron chi connectivity index (χ2n) is 5.53. The van der Waals surface area contributed by atoms with Crippen molar-refractivity contribution in [1.29, 1.82) is 0 Å². The topological polar surface area (TPSA) is 50.7 Å². The summed E-state index contributed by atoms with van der Waals surface area (Å²) >= 11 is 0. The Hall–Kier alpha value is -1.75. The molecule has 0 amide bonds. The highest BCUT2D eigenvalue weighted by molar-refractivity contribution is 5.90. The SMILES string of the molecule is O=C1CCC=NC1c1ccc(OCC2CCCN2)c(F)c1. The van der Waals surface area contributed by atoms with Crippen molar-refractivity contribution >= 4 is 12.0 Å². The summed E-state index contributed by atoms with van der Waals surface area (Å²) in [6.07, 6.45) is 5.08. The van der Waals surface area contributed by atoms with Gasteiger partial charge in [0.1, 0.15) is 12.6 Å². The molecule has 0 radical (unpaired) electrons. The minimum absolute atomic E-state index is 0.0423. The molecule has 112 valence electrons. The van der Waals surface area contributed by atoms with Crippen LogP contribution in [0.15, 0.2) is 23.2 Å². The first-order chi connectivity index (χ1) is 10.2. The fraction of sp³-hybridized carbons (Fsp3) is 0.500. The van der Waals surface area contributed by atoms with E-state index in [-0.39, 0.29) is 11.5 Å². The van der Waals surface area contributed by atoms with Crippen LogP contribution in [0.4, 0.5) is 4.39 Å². The number of carbonyl (C=O) groups is 1. The molecule has 1 N–H and O–H groups in total. The lowest BCUT2D eigenvalue weighted by Crippen LogP contribution is -2.28. The van der Waals surface area contributed by atoms with Gasteiger partial charge in [-0.1, -0.05) is 6.07 Å². The van der Waals surface area contributed by atoms with Gasteiger partial charge in [-0.05, 0) is 43.5 Å². The molecular weight excluding hydrogens is 271 g/mol. The standard InChI is InChI=1S/C16H19FN2O2/c17-13-9-11(16-14(20)4-2-8-19-16)5-6-15(13)21-10-12-3-1-7-18-12/h5-6,8-9,12,16,18H,1-4,7,10H2. The Labute approximate surface area is 123 Å². The first-order valence-electron chi connectivity index (χ1n) is 7.44. The molecule has 0 spiro atoms. The molecule has 1 fully saturated rings. The number of nitrogens with one attached hydrogen (secondary N) is 1. The van der Waals surface area contributed by atoms with Crippen LogP contribution in [-0.2, 0) is 4.79 Å². The largest absolute Gasteiger partial charge is 0.489 e. The average Bonchev–Trinajstić information content (AvgIpc) is 3.00. The minimum atomic E-state index is -0.557. The van der Waals surface area contributed by atoms with Gasteiger partial charge in [0.05, 0.1) is 0 Å². The normalized spacial score (nSPS) is 25.3. The molecule has 1 aromatic rings. The van der Waals surface area contributed by atoms with Gasteiger partial charge in [0.2, 0.25) is 0 Å². The Bertz CT molecular complexity index is 553. The molecule has 0 aromatic heterocycles. The van der Waals surface area contributed by atoms with Crippen molar-refractivity contribution in [3.8, 4) is 5.75 Å². The zero-order valence-corrected chi connectivity index (χ0v) is 11.8. The van der Waals surface area contributed by atoms with E-state index in [2.05, 4.69) is 10.3 Å². The lowest BCUT2D eigenvalue weighted by atomic mass is 9.98. The summed E-state index contributed by atoms with van der Waals surface area (Å²) in [4.78, 5) is 16.0. The predicted octanol–water partition coefficient (Wildman–Crippen LogP) is 2.43. The number of nitrogens with zero attached hydrogens (tertiary/aromatic N) is 1. The smallest absolute Gasteiger partial charge is 0.165 e. The van der Waals surface area contributed by atoms with Gasteiger partial charge in [-0.15, -0.1) is 0 Å². The average molecular weight is 290 g/mol. The van der Waals surface area contributed by atoms with Gasteiger partial charge in [0.15, 0.2) is 17.3 Å². The number of halogens is 1. The van der Waals surface area contributed by atoms with Crippen LogP contribution in [0.25, 0.3) is 0 Å². The number of benzene rings is 1. The third kappa shape index (κ3) is 3.29. The highest BCUT2D eigenvalue weighted by Gasteiger charge is 2.23. The Balaban J connectivity index is 1.68. The lowest BCUT2D eigenvalue weighted by molar-refractivity contribution is -0.120. The number of hydrogen-bond donors (Lipinski definition) is 1. The molecule has 0 aliphatic carbocycles. The van der Waals surface area contributed by atoms with Crippen LogP contribution in [0.5, 0.6) is 5.75 Å². The van der Waals surface area contributed by atoms with Gasteiger partial charge in [-0.3, -0.25) is 9.79 Å². The lowest BCUT2D eigenvalue weighted by Gasteiger charge is -2.17. The Morgan fingerprint density at radius 2 is 2.33 bits per heavy atom. The Kier molecular flexibility index (Phi) is 4.29. The van der Waals surface area contributed by atoms with Gasteiger partial charge in [0, 0.05) is 18.7 Å². The van der Waals surface area contributed by atoms with Gasteiger partial charge in [-0.25, -0.2) is 4.39 Å². The van der Waals surface area contributed by atoms with Crippen LogP contribution >= 0.6 is 0 Å². The van der Waals surface area contributed by atoms with Gasteiger partial charge < -0.3 is 10.1 Å². The van der Waals surface area contributed by atoms with Crippen LogP contribution in [0.1, 0.15) is 37.3 Å². The molecule has 2 aliphatic heterocycles. The first-order valence-corrected chi connectivity index (χ1v) is 7.44. The highest BCUT2D eigenvalue weighted by atomic mass is 19.1. The maximum atomic E-state index is 14.1. The number of rotatable bonds is 4. The molecule has 2 atom stereocenters. The van der Waals surface area contributed by atoms with Gasteiger partial charge in [-0.2, -0.15) is 0 Å². The van der Waals surface area contributed by atoms with E-state index in [9.17, 15) is 9.18 Å². The number of ether oxygens (including phenoxy) is 1. The fourth-order valence-corrected chi connectivity index (χ4v) is 2.77. The Morgan fingerprint density at radius 3 is 3.05 bits per heavy atom. The van der Waals surface area contributed by atoms with E-state index in [1.807, 2.05) is 0 Å². The molecule has 2 unspecified atom stereocenters. The third-order valence-electron chi connectivity index (χ3n) is 3.95. The molecule has 3 rings (SSSR count). The van der Waals surface area contributed by atoms with Crippen molar-refractivity contribution < 1.29 is 13.9 Å². The van der Waals surface area contributed by atoms with Crippen molar-refractivity contribution in [3.63, 3.8) is 0 Å². The fourth-order valence-electron chi connectivity index (χ4n) is 2.77. The number of aliphatic imine (C=N–C) groups is 1. The summed E-state index contributed by atoms with van der Waals surface area (Å²) in [5.41, 5.74) is 0.597. The number of carbonyl (C=O) groups excluding carboxylic acids is 1. The molecule has 5 heteroatoms. The molecular formula is C16H19FN2O2. The Morgan fingerprint density at radius 1 is 1.43 bits per heavy atom. The summed E-state index contributed by atoms with van der Waals surface area (Å²) in [7, 11) is 0. The quantitative estimate of drug-likeness (QED) is 0.926. The molecule has 0 bridgehead atoms. The van der Waals surface area contributed by atoms with E-state index in [1.54, 1.807) is 18.3 Å². The van der Waals surface area contributed by atoms with E-state index >= 15 is 0 Å². The summed E-state index contributed by atoms with van der Waals surface area (Å²) in [5.74, 6) is -0.153. The van der Waals surface area contributed by atoms with Crippen LogP contribution < -0.4 is 10.1 Å². The van der Waals surface area contributed by atoms with Crippen molar-refractivity contribution in [1.82, 2.24) is 5.32 Å². The number of hydrogen-bond acceptors (Lipinski definition) is 4. The van der Waals surface area contributed by atoms with E-state index in [1.165, 1.54) is 6.07 Å². The summed E-state index contributed by atoms with van der Waals surface area (Å²) in [6, 6.07) is 4.43. The van der Waals surface area contributed by atoms with Crippen LogP contribution in [0.3, 0.4) is 0 Å².